The van der Waals surface area contributed by atoms with E-state index in [9.17, 15) is 8.42 Å². The van der Waals surface area contributed by atoms with Gasteiger partial charge < -0.3 is 5.73 Å². The zero-order chi connectivity index (χ0) is 13.1. The van der Waals surface area contributed by atoms with Gasteiger partial charge in [-0.15, -0.1) is 0 Å². The molecular formula is C11H25N3O2S. The van der Waals surface area contributed by atoms with E-state index in [0.29, 0.717) is 12.5 Å². The number of hydrogen-bond acceptors (Lipinski definition) is 3. The molecule has 102 valence electrons. The lowest BCUT2D eigenvalue weighted by molar-refractivity contribution is 0.321. The third-order valence-electron chi connectivity index (χ3n) is 2.83. The molecule has 0 radical (unpaired) electrons. The Balaban J connectivity index is 2.39. The highest BCUT2D eigenvalue weighted by Crippen LogP contribution is 2.22. The molecule has 1 aliphatic rings. The molecule has 0 amide bonds. The fourth-order valence-electron chi connectivity index (χ4n) is 2.18. The summed E-state index contributed by atoms with van der Waals surface area (Å²) in [6.07, 6.45) is 4.13. The summed E-state index contributed by atoms with van der Waals surface area (Å²) < 4.78 is 28.6. The predicted octanol–water partition coefficient (Wildman–Crippen LogP) is 0.726. The van der Waals surface area contributed by atoms with Gasteiger partial charge in [-0.2, -0.15) is 13.1 Å². The summed E-state index contributed by atoms with van der Waals surface area (Å²) in [4.78, 5) is 0. The second kappa shape index (κ2) is 5.65. The molecule has 5 nitrogen and oxygen atoms in total. The molecule has 0 aromatic rings. The summed E-state index contributed by atoms with van der Waals surface area (Å²) in [6, 6.07) is 0.230. The second-order valence-electron chi connectivity index (χ2n) is 6.00. The van der Waals surface area contributed by atoms with Crippen LogP contribution >= 0.6 is 0 Å². The highest BCUT2D eigenvalue weighted by molar-refractivity contribution is 7.87. The average Bonchev–Trinajstić information content (AvgIpc) is 2.11. The molecule has 6 heteroatoms. The summed E-state index contributed by atoms with van der Waals surface area (Å²) in [5.41, 5.74) is 5.42. The smallest absolute Gasteiger partial charge is 0.277 e. The first kappa shape index (κ1) is 14.9. The maximum Gasteiger partial charge on any atom is 0.277 e. The lowest BCUT2D eigenvalue weighted by atomic mass is 9.86. The first-order valence-electron chi connectivity index (χ1n) is 6.22. The van der Waals surface area contributed by atoms with Crippen molar-refractivity contribution in [1.29, 1.82) is 0 Å². The minimum Gasteiger partial charge on any atom is -0.328 e. The van der Waals surface area contributed by atoms with Crippen molar-refractivity contribution in [1.82, 2.24) is 9.44 Å². The molecule has 1 aliphatic carbocycles. The lowest BCUT2D eigenvalue weighted by Gasteiger charge is -2.27. The maximum atomic E-state index is 11.7. The molecule has 1 rings (SSSR count). The Morgan fingerprint density at radius 2 is 1.94 bits per heavy atom. The van der Waals surface area contributed by atoms with Crippen molar-refractivity contribution in [3.63, 3.8) is 0 Å². The van der Waals surface area contributed by atoms with E-state index in [4.69, 9.17) is 5.73 Å². The van der Waals surface area contributed by atoms with E-state index in [2.05, 4.69) is 9.44 Å². The van der Waals surface area contributed by atoms with Gasteiger partial charge >= 0.3 is 0 Å². The quantitative estimate of drug-likeness (QED) is 0.699. The van der Waals surface area contributed by atoms with Crippen LogP contribution in [0.1, 0.15) is 46.5 Å². The van der Waals surface area contributed by atoms with Crippen LogP contribution < -0.4 is 15.2 Å². The van der Waals surface area contributed by atoms with Crippen LogP contribution in [0.15, 0.2) is 0 Å². The van der Waals surface area contributed by atoms with Gasteiger partial charge in [0.05, 0.1) is 0 Å². The fourth-order valence-corrected chi connectivity index (χ4v) is 3.52. The van der Waals surface area contributed by atoms with Crippen molar-refractivity contribution in [2.24, 2.45) is 11.7 Å². The Hall–Kier alpha value is -0.170. The molecule has 0 aromatic heterocycles. The molecule has 0 bridgehead atoms. The average molecular weight is 263 g/mol. The molecule has 2 unspecified atom stereocenters. The van der Waals surface area contributed by atoms with Gasteiger partial charge in [0.15, 0.2) is 0 Å². The molecule has 17 heavy (non-hydrogen) atoms. The van der Waals surface area contributed by atoms with E-state index in [1.54, 1.807) is 0 Å². The SMILES string of the molecule is CC(C)(C)NS(=O)(=O)NCC1CCCC(N)C1. The standard InChI is InChI=1S/C11H25N3O2S/c1-11(2,3)14-17(15,16)13-8-9-5-4-6-10(12)7-9/h9-10,13-14H,4-8,12H2,1-3H3. The highest BCUT2D eigenvalue weighted by Gasteiger charge is 2.23. The van der Waals surface area contributed by atoms with Crippen LogP contribution in [0, 0.1) is 5.92 Å². The fraction of sp³-hybridized carbons (Fsp3) is 1.00. The van der Waals surface area contributed by atoms with Gasteiger partial charge in [0.1, 0.15) is 0 Å². The Labute approximate surface area is 105 Å². The topological polar surface area (TPSA) is 84.2 Å². The summed E-state index contributed by atoms with van der Waals surface area (Å²) in [5, 5.41) is 0. The molecule has 0 aliphatic heterocycles. The molecule has 0 saturated heterocycles. The monoisotopic (exact) mass is 263 g/mol. The molecule has 1 saturated carbocycles. The van der Waals surface area contributed by atoms with Crippen LogP contribution in [-0.4, -0.2) is 26.5 Å². The van der Waals surface area contributed by atoms with E-state index < -0.39 is 15.7 Å². The predicted molar refractivity (Wildman–Crippen MR) is 69.7 cm³/mol. The number of nitrogens with two attached hydrogens (primary N) is 1. The minimum absolute atomic E-state index is 0.230. The van der Waals surface area contributed by atoms with Crippen LogP contribution in [0.5, 0.6) is 0 Å². The van der Waals surface area contributed by atoms with Crippen molar-refractivity contribution in [3.05, 3.63) is 0 Å². The Morgan fingerprint density at radius 3 is 2.47 bits per heavy atom. The maximum absolute atomic E-state index is 11.7. The lowest BCUT2D eigenvalue weighted by Crippen LogP contribution is -2.48. The van der Waals surface area contributed by atoms with Gasteiger partial charge in [0, 0.05) is 18.1 Å². The largest absolute Gasteiger partial charge is 0.328 e. The molecule has 0 aromatic carbocycles. The Kier molecular flexibility index (Phi) is 4.95. The molecule has 0 spiro atoms. The number of nitrogens with one attached hydrogen (secondary N) is 2. The van der Waals surface area contributed by atoms with Gasteiger partial charge in [-0.1, -0.05) is 6.42 Å². The molecule has 2 atom stereocenters. The highest BCUT2D eigenvalue weighted by atomic mass is 32.2. The van der Waals surface area contributed by atoms with E-state index in [-0.39, 0.29) is 6.04 Å². The number of rotatable bonds is 4. The Morgan fingerprint density at radius 1 is 1.29 bits per heavy atom. The third kappa shape index (κ3) is 6.35. The molecule has 0 heterocycles. The molecule has 1 fully saturated rings. The van der Waals surface area contributed by atoms with E-state index in [1.165, 1.54) is 0 Å². The Bertz CT molecular complexity index is 335. The van der Waals surface area contributed by atoms with Crippen LogP contribution in [0.4, 0.5) is 0 Å². The van der Waals surface area contributed by atoms with E-state index >= 15 is 0 Å². The van der Waals surface area contributed by atoms with Crippen molar-refractivity contribution in [2.45, 2.75) is 58.0 Å². The first-order valence-corrected chi connectivity index (χ1v) is 7.70. The minimum atomic E-state index is -3.40. The van der Waals surface area contributed by atoms with Crippen molar-refractivity contribution in [3.8, 4) is 0 Å². The molecular weight excluding hydrogens is 238 g/mol. The van der Waals surface area contributed by atoms with Crippen molar-refractivity contribution in [2.75, 3.05) is 6.54 Å². The third-order valence-corrected chi connectivity index (χ3v) is 4.25. The van der Waals surface area contributed by atoms with Gasteiger partial charge in [-0.25, -0.2) is 4.72 Å². The summed E-state index contributed by atoms with van der Waals surface area (Å²) >= 11 is 0. The second-order valence-corrected chi connectivity index (χ2v) is 7.50. The first-order chi connectivity index (χ1) is 7.68. The zero-order valence-corrected chi connectivity index (χ0v) is 11.8. The van der Waals surface area contributed by atoms with Crippen molar-refractivity contribution >= 4 is 10.2 Å². The summed E-state index contributed by atoms with van der Waals surface area (Å²) in [7, 11) is -3.40. The number of hydrogen-bond donors (Lipinski definition) is 3. The van der Waals surface area contributed by atoms with Crippen LogP contribution in [0.3, 0.4) is 0 Å². The normalized spacial score (nSPS) is 27.1. The van der Waals surface area contributed by atoms with Gasteiger partial charge in [0.2, 0.25) is 0 Å². The van der Waals surface area contributed by atoms with Crippen LogP contribution in [-0.2, 0) is 10.2 Å². The van der Waals surface area contributed by atoms with E-state index in [1.807, 2.05) is 20.8 Å². The van der Waals surface area contributed by atoms with E-state index in [0.717, 1.165) is 25.7 Å². The van der Waals surface area contributed by atoms with Crippen LogP contribution in [0.25, 0.3) is 0 Å². The van der Waals surface area contributed by atoms with Gasteiger partial charge in [-0.3, -0.25) is 0 Å². The van der Waals surface area contributed by atoms with Gasteiger partial charge in [-0.05, 0) is 46.0 Å². The van der Waals surface area contributed by atoms with Crippen molar-refractivity contribution < 1.29 is 8.42 Å². The molecule has 4 N–H and O–H groups in total. The zero-order valence-electron chi connectivity index (χ0n) is 11.0. The van der Waals surface area contributed by atoms with Crippen LogP contribution in [0.2, 0.25) is 0 Å². The van der Waals surface area contributed by atoms with Gasteiger partial charge in [0.25, 0.3) is 10.2 Å². The summed E-state index contributed by atoms with van der Waals surface area (Å²) in [6.45, 7) is 5.95. The summed E-state index contributed by atoms with van der Waals surface area (Å²) in [5.74, 6) is 0.371.